The molecule has 0 fully saturated rings. The number of nitrogens with two attached hydrogens (primary N) is 1. The van der Waals surface area contributed by atoms with E-state index >= 15 is 0 Å². The van der Waals surface area contributed by atoms with Gasteiger partial charge in [-0.25, -0.2) is 4.39 Å². The average molecular weight is 307 g/mol. The molecule has 0 aliphatic heterocycles. The van der Waals surface area contributed by atoms with E-state index in [1.807, 2.05) is 18.2 Å². The highest BCUT2D eigenvalue weighted by Crippen LogP contribution is 2.28. The summed E-state index contributed by atoms with van der Waals surface area (Å²) in [4.78, 5) is 0. The third kappa shape index (κ3) is 3.82. The summed E-state index contributed by atoms with van der Waals surface area (Å²) in [5.74, 6) is 5.63. The molecule has 2 atom stereocenters. The summed E-state index contributed by atoms with van der Waals surface area (Å²) >= 11 is 6.12. The molecular formula is C17H20ClFN2. The number of hydrogen-bond acceptors (Lipinski definition) is 2. The van der Waals surface area contributed by atoms with Gasteiger partial charge >= 0.3 is 0 Å². The van der Waals surface area contributed by atoms with Crippen molar-refractivity contribution in [3.63, 3.8) is 0 Å². The topological polar surface area (TPSA) is 38.0 Å². The Bertz CT molecular complexity index is 554. The zero-order valence-corrected chi connectivity index (χ0v) is 12.8. The number of hydrazine groups is 1. The maximum Gasteiger partial charge on any atom is 0.127 e. The first-order valence-corrected chi connectivity index (χ1v) is 7.49. The summed E-state index contributed by atoms with van der Waals surface area (Å²) in [7, 11) is 0. The smallest absolute Gasteiger partial charge is 0.127 e. The van der Waals surface area contributed by atoms with Crippen LogP contribution in [0.25, 0.3) is 0 Å². The van der Waals surface area contributed by atoms with E-state index in [1.165, 1.54) is 11.6 Å². The molecule has 3 N–H and O–H groups in total. The van der Waals surface area contributed by atoms with Crippen molar-refractivity contribution in [2.24, 2.45) is 5.84 Å². The highest BCUT2D eigenvalue weighted by Gasteiger charge is 2.23. The summed E-state index contributed by atoms with van der Waals surface area (Å²) < 4.78 is 14.0. The van der Waals surface area contributed by atoms with Gasteiger partial charge in [-0.15, -0.1) is 0 Å². The largest absolute Gasteiger partial charge is 0.271 e. The Morgan fingerprint density at radius 3 is 2.43 bits per heavy atom. The lowest BCUT2D eigenvalue weighted by atomic mass is 9.86. The summed E-state index contributed by atoms with van der Waals surface area (Å²) in [5, 5.41) is 0.443. The Labute approximate surface area is 130 Å². The average Bonchev–Trinajstić information content (AvgIpc) is 2.51. The molecule has 2 nitrogen and oxygen atoms in total. The second kappa shape index (κ2) is 7.55. The van der Waals surface area contributed by atoms with Crippen molar-refractivity contribution in [1.82, 2.24) is 5.43 Å². The highest BCUT2D eigenvalue weighted by atomic mass is 35.5. The van der Waals surface area contributed by atoms with Gasteiger partial charge in [-0.2, -0.15) is 0 Å². The van der Waals surface area contributed by atoms with Crippen molar-refractivity contribution in [3.05, 3.63) is 70.5 Å². The number of rotatable bonds is 6. The van der Waals surface area contributed by atoms with Gasteiger partial charge in [0.2, 0.25) is 0 Å². The van der Waals surface area contributed by atoms with Crippen LogP contribution in [0, 0.1) is 5.82 Å². The maximum atomic E-state index is 14.0. The second-order valence-corrected chi connectivity index (χ2v) is 5.51. The number of halogens is 2. The van der Waals surface area contributed by atoms with E-state index in [4.69, 9.17) is 17.4 Å². The number of hydrogen-bond donors (Lipinski definition) is 2. The Kier molecular flexibility index (Phi) is 5.74. The van der Waals surface area contributed by atoms with E-state index in [-0.39, 0.29) is 17.8 Å². The van der Waals surface area contributed by atoms with E-state index in [2.05, 4.69) is 24.5 Å². The van der Waals surface area contributed by atoms with Crippen molar-refractivity contribution < 1.29 is 4.39 Å². The van der Waals surface area contributed by atoms with Gasteiger partial charge in [0.15, 0.2) is 0 Å². The normalized spacial score (nSPS) is 13.9. The lowest BCUT2D eigenvalue weighted by Gasteiger charge is -2.26. The molecule has 0 heterocycles. The first-order chi connectivity index (χ1) is 10.2. The quantitative estimate of drug-likeness (QED) is 0.624. The van der Waals surface area contributed by atoms with E-state index in [1.54, 1.807) is 12.1 Å². The van der Waals surface area contributed by atoms with Crippen LogP contribution in [0.4, 0.5) is 4.39 Å². The molecule has 112 valence electrons. The Hall–Kier alpha value is -1.42. The van der Waals surface area contributed by atoms with Crippen molar-refractivity contribution in [1.29, 1.82) is 0 Å². The Morgan fingerprint density at radius 1 is 1.14 bits per heavy atom. The zero-order chi connectivity index (χ0) is 15.2. The molecule has 2 rings (SSSR count). The highest BCUT2D eigenvalue weighted by molar-refractivity contribution is 6.31. The van der Waals surface area contributed by atoms with Gasteiger partial charge in [0.25, 0.3) is 0 Å². The van der Waals surface area contributed by atoms with Crippen molar-refractivity contribution in [2.45, 2.75) is 31.7 Å². The first-order valence-electron chi connectivity index (χ1n) is 7.11. The molecule has 21 heavy (non-hydrogen) atoms. The molecule has 0 radical (unpaired) electrons. The number of nitrogens with one attached hydrogen (secondary N) is 1. The van der Waals surface area contributed by atoms with E-state index in [0.717, 1.165) is 6.42 Å². The van der Waals surface area contributed by atoms with Crippen LogP contribution in [0.3, 0.4) is 0 Å². The molecule has 4 heteroatoms. The van der Waals surface area contributed by atoms with Crippen LogP contribution in [0.15, 0.2) is 48.5 Å². The SMILES string of the molecule is CCC(c1ccccc1)C(Cc1c(F)cccc1Cl)NN. The lowest BCUT2D eigenvalue weighted by molar-refractivity contribution is 0.421. The van der Waals surface area contributed by atoms with Gasteiger partial charge in [0.05, 0.1) is 0 Å². The standard InChI is InChI=1S/C17H20ClFN2/c1-2-13(12-7-4-3-5-8-12)17(21-20)11-14-15(18)9-6-10-16(14)19/h3-10,13,17,21H,2,11,20H2,1H3. The molecule has 0 aliphatic carbocycles. The third-order valence-corrected chi connectivity index (χ3v) is 4.21. The summed E-state index contributed by atoms with van der Waals surface area (Å²) in [6.45, 7) is 2.10. The molecule has 0 saturated heterocycles. The van der Waals surface area contributed by atoms with Crippen LogP contribution >= 0.6 is 11.6 Å². The molecule has 0 amide bonds. The van der Waals surface area contributed by atoms with Crippen LogP contribution < -0.4 is 11.3 Å². The van der Waals surface area contributed by atoms with Gasteiger partial charge in [-0.05, 0) is 30.5 Å². The molecule has 0 bridgehead atoms. The van der Waals surface area contributed by atoms with Gasteiger partial charge in [0, 0.05) is 22.5 Å². The number of benzene rings is 2. The second-order valence-electron chi connectivity index (χ2n) is 5.10. The molecule has 0 saturated carbocycles. The minimum atomic E-state index is -0.286. The fraction of sp³-hybridized carbons (Fsp3) is 0.294. The molecule has 2 aromatic carbocycles. The van der Waals surface area contributed by atoms with E-state index < -0.39 is 0 Å². The van der Waals surface area contributed by atoms with Gasteiger partial charge in [0.1, 0.15) is 5.82 Å². The van der Waals surface area contributed by atoms with Crippen LogP contribution in [0.1, 0.15) is 30.4 Å². The molecule has 0 spiro atoms. The molecule has 2 unspecified atom stereocenters. The Balaban J connectivity index is 2.26. The third-order valence-electron chi connectivity index (χ3n) is 3.85. The molecule has 0 aliphatic rings. The van der Waals surface area contributed by atoms with Crippen molar-refractivity contribution in [3.8, 4) is 0 Å². The van der Waals surface area contributed by atoms with Gasteiger partial charge < -0.3 is 0 Å². The van der Waals surface area contributed by atoms with Crippen LogP contribution in [-0.2, 0) is 6.42 Å². The lowest BCUT2D eigenvalue weighted by Crippen LogP contribution is -2.41. The van der Waals surface area contributed by atoms with Gasteiger partial charge in [-0.1, -0.05) is 54.9 Å². The molecule has 0 aromatic heterocycles. The molecular weight excluding hydrogens is 287 g/mol. The fourth-order valence-electron chi connectivity index (χ4n) is 2.72. The van der Waals surface area contributed by atoms with E-state index in [9.17, 15) is 4.39 Å². The van der Waals surface area contributed by atoms with Crippen LogP contribution in [0.5, 0.6) is 0 Å². The van der Waals surface area contributed by atoms with E-state index in [0.29, 0.717) is 17.0 Å². The van der Waals surface area contributed by atoms with Crippen molar-refractivity contribution >= 4 is 11.6 Å². The predicted molar refractivity (Wildman–Crippen MR) is 85.7 cm³/mol. The van der Waals surface area contributed by atoms with Gasteiger partial charge in [-0.3, -0.25) is 11.3 Å². The minimum absolute atomic E-state index is 0.0770. The first kappa shape index (κ1) is 16.0. The van der Waals surface area contributed by atoms with Crippen LogP contribution in [0.2, 0.25) is 5.02 Å². The zero-order valence-electron chi connectivity index (χ0n) is 12.0. The monoisotopic (exact) mass is 306 g/mol. The summed E-state index contributed by atoms with van der Waals surface area (Å²) in [6.07, 6.45) is 1.36. The summed E-state index contributed by atoms with van der Waals surface area (Å²) in [6, 6.07) is 14.8. The minimum Gasteiger partial charge on any atom is -0.271 e. The molecule has 2 aromatic rings. The predicted octanol–water partition coefficient (Wildman–Crippen LogP) is 4.05. The van der Waals surface area contributed by atoms with Crippen LogP contribution in [-0.4, -0.2) is 6.04 Å². The summed E-state index contributed by atoms with van der Waals surface area (Å²) in [5.41, 5.74) is 4.53. The Morgan fingerprint density at radius 2 is 1.86 bits per heavy atom. The van der Waals surface area contributed by atoms with Crippen molar-refractivity contribution in [2.75, 3.05) is 0 Å². The fourth-order valence-corrected chi connectivity index (χ4v) is 2.96. The maximum absolute atomic E-state index is 14.0.